The molecule has 138 valence electrons. The van der Waals surface area contributed by atoms with Gasteiger partial charge < -0.3 is 15.5 Å². The van der Waals surface area contributed by atoms with Gasteiger partial charge in [0.15, 0.2) is 11.5 Å². The van der Waals surface area contributed by atoms with Crippen LogP contribution in [0.1, 0.15) is 16.1 Å². The monoisotopic (exact) mass is 376 g/mol. The fraction of sp³-hybridized carbons (Fsp3) is 0.0588. The van der Waals surface area contributed by atoms with Gasteiger partial charge in [-0.3, -0.25) is 4.98 Å². The van der Waals surface area contributed by atoms with Crippen LogP contribution in [0.5, 0.6) is 5.75 Å². The summed E-state index contributed by atoms with van der Waals surface area (Å²) in [7, 11) is 0. The first-order chi connectivity index (χ1) is 12.7. The molecule has 0 atom stereocenters. The number of hydrogen-bond acceptors (Lipinski definition) is 6. The summed E-state index contributed by atoms with van der Waals surface area (Å²) in [6, 6.07) is 7.03. The summed E-state index contributed by atoms with van der Waals surface area (Å²) in [4.78, 5) is 22.4. The van der Waals surface area contributed by atoms with E-state index in [0.29, 0.717) is 6.07 Å². The molecule has 10 heteroatoms. The van der Waals surface area contributed by atoms with Gasteiger partial charge in [-0.2, -0.15) is 13.2 Å². The Bertz CT molecular complexity index is 994. The van der Waals surface area contributed by atoms with Crippen LogP contribution in [-0.4, -0.2) is 31.1 Å². The SMILES string of the molecule is O=C(O)c1ccc(O)c(Nc2cc(C(F)(F)F)nc(-c3cccnc3)n2)c1. The van der Waals surface area contributed by atoms with E-state index in [0.717, 1.165) is 18.2 Å². The van der Waals surface area contributed by atoms with E-state index in [4.69, 9.17) is 5.11 Å². The Hall–Kier alpha value is -3.69. The number of halogens is 3. The largest absolute Gasteiger partial charge is 0.506 e. The standard InChI is InChI=1S/C17H11F3N4O3/c18-17(19,20)13-7-14(24-15(23-13)10-2-1-5-21-8-10)22-11-6-9(16(26)27)3-4-12(11)25/h1-8,25H,(H,26,27)(H,22,23,24). The zero-order chi connectivity index (χ0) is 19.6. The van der Waals surface area contributed by atoms with Crippen LogP contribution < -0.4 is 5.32 Å². The van der Waals surface area contributed by atoms with E-state index in [1.807, 2.05) is 0 Å². The molecular weight excluding hydrogens is 365 g/mol. The fourth-order valence-corrected chi connectivity index (χ4v) is 2.19. The number of nitrogens with zero attached hydrogens (tertiary/aromatic N) is 3. The third-order valence-electron chi connectivity index (χ3n) is 3.44. The number of rotatable bonds is 4. The molecule has 1 aromatic carbocycles. The first-order valence-corrected chi connectivity index (χ1v) is 7.44. The second-order valence-corrected chi connectivity index (χ2v) is 5.36. The minimum absolute atomic E-state index is 0.112. The average molecular weight is 376 g/mol. The highest BCUT2D eigenvalue weighted by molar-refractivity contribution is 5.90. The Morgan fingerprint density at radius 2 is 1.89 bits per heavy atom. The number of nitrogens with one attached hydrogen (secondary N) is 1. The van der Waals surface area contributed by atoms with Crippen molar-refractivity contribution in [3.05, 3.63) is 60.0 Å². The van der Waals surface area contributed by atoms with Crippen molar-refractivity contribution >= 4 is 17.5 Å². The molecule has 0 unspecified atom stereocenters. The van der Waals surface area contributed by atoms with E-state index in [1.165, 1.54) is 24.5 Å². The molecule has 2 heterocycles. The predicted octanol–water partition coefficient (Wildman–Crippen LogP) is 3.70. The lowest BCUT2D eigenvalue weighted by Gasteiger charge is -2.13. The first-order valence-electron chi connectivity index (χ1n) is 7.44. The van der Waals surface area contributed by atoms with Crippen LogP contribution in [0, 0.1) is 0 Å². The van der Waals surface area contributed by atoms with Crippen LogP contribution in [0.4, 0.5) is 24.7 Å². The minimum atomic E-state index is -4.73. The molecule has 0 aliphatic rings. The molecule has 3 rings (SSSR count). The minimum Gasteiger partial charge on any atom is -0.506 e. The van der Waals surface area contributed by atoms with Gasteiger partial charge in [0.05, 0.1) is 11.3 Å². The molecule has 27 heavy (non-hydrogen) atoms. The lowest BCUT2D eigenvalue weighted by molar-refractivity contribution is -0.141. The smallest absolute Gasteiger partial charge is 0.433 e. The summed E-state index contributed by atoms with van der Waals surface area (Å²) in [5.74, 6) is -2.11. The molecule has 0 fully saturated rings. The maximum Gasteiger partial charge on any atom is 0.433 e. The lowest BCUT2D eigenvalue weighted by atomic mass is 10.2. The fourth-order valence-electron chi connectivity index (χ4n) is 2.19. The van der Waals surface area contributed by atoms with Crippen LogP contribution in [0.25, 0.3) is 11.4 Å². The summed E-state index contributed by atoms with van der Waals surface area (Å²) in [5, 5.41) is 21.4. The van der Waals surface area contributed by atoms with Crippen molar-refractivity contribution in [2.24, 2.45) is 0 Å². The van der Waals surface area contributed by atoms with Gasteiger partial charge in [0.1, 0.15) is 11.6 Å². The molecule has 0 aliphatic carbocycles. The molecule has 0 radical (unpaired) electrons. The average Bonchev–Trinajstić information content (AvgIpc) is 2.63. The highest BCUT2D eigenvalue weighted by Crippen LogP contribution is 2.33. The number of hydrogen-bond donors (Lipinski definition) is 3. The summed E-state index contributed by atoms with van der Waals surface area (Å²) in [6.45, 7) is 0. The summed E-state index contributed by atoms with van der Waals surface area (Å²) in [6.07, 6.45) is -1.98. The van der Waals surface area contributed by atoms with Crippen molar-refractivity contribution < 1.29 is 28.2 Å². The third-order valence-corrected chi connectivity index (χ3v) is 3.44. The van der Waals surface area contributed by atoms with Gasteiger partial charge in [0, 0.05) is 24.0 Å². The van der Waals surface area contributed by atoms with E-state index in [2.05, 4.69) is 20.3 Å². The van der Waals surface area contributed by atoms with Crippen LogP contribution in [-0.2, 0) is 6.18 Å². The molecule has 0 amide bonds. The molecule has 3 N–H and O–H groups in total. The van der Waals surface area contributed by atoms with Gasteiger partial charge in [-0.25, -0.2) is 14.8 Å². The highest BCUT2D eigenvalue weighted by atomic mass is 19.4. The number of carbonyl (C=O) groups is 1. The number of aromatic nitrogens is 3. The number of aromatic hydroxyl groups is 1. The van der Waals surface area contributed by atoms with Crippen molar-refractivity contribution in [3.8, 4) is 17.1 Å². The summed E-state index contributed by atoms with van der Waals surface area (Å²) in [5.41, 5.74) is -1.21. The van der Waals surface area contributed by atoms with E-state index in [1.54, 1.807) is 0 Å². The number of carboxylic acids is 1. The predicted molar refractivity (Wildman–Crippen MR) is 88.6 cm³/mol. The number of phenolic OH excluding ortho intramolecular Hbond substituents is 1. The van der Waals surface area contributed by atoms with E-state index >= 15 is 0 Å². The van der Waals surface area contributed by atoms with Crippen molar-refractivity contribution in [1.29, 1.82) is 0 Å². The van der Waals surface area contributed by atoms with Gasteiger partial charge in [-0.05, 0) is 30.3 Å². The number of anilines is 2. The number of carboxylic acid groups (broad SMARTS) is 1. The zero-order valence-electron chi connectivity index (χ0n) is 13.4. The summed E-state index contributed by atoms with van der Waals surface area (Å²) >= 11 is 0. The van der Waals surface area contributed by atoms with E-state index in [-0.39, 0.29) is 34.2 Å². The third kappa shape index (κ3) is 4.11. The van der Waals surface area contributed by atoms with Crippen molar-refractivity contribution in [2.75, 3.05) is 5.32 Å². The molecule has 0 bridgehead atoms. The van der Waals surface area contributed by atoms with E-state index < -0.39 is 17.8 Å². The molecular formula is C17H11F3N4O3. The second-order valence-electron chi connectivity index (χ2n) is 5.36. The number of pyridine rings is 1. The number of aromatic carboxylic acids is 1. The Morgan fingerprint density at radius 3 is 2.52 bits per heavy atom. The highest BCUT2D eigenvalue weighted by Gasteiger charge is 2.34. The molecule has 0 saturated heterocycles. The van der Waals surface area contributed by atoms with Gasteiger partial charge in [0.2, 0.25) is 0 Å². The van der Waals surface area contributed by atoms with Crippen LogP contribution >= 0.6 is 0 Å². The quantitative estimate of drug-likeness (QED) is 0.596. The summed E-state index contributed by atoms with van der Waals surface area (Å²) < 4.78 is 39.6. The Morgan fingerprint density at radius 1 is 1.11 bits per heavy atom. The van der Waals surface area contributed by atoms with Gasteiger partial charge in [-0.15, -0.1) is 0 Å². The zero-order valence-corrected chi connectivity index (χ0v) is 13.4. The molecule has 0 saturated carbocycles. The molecule has 0 aliphatic heterocycles. The molecule has 0 spiro atoms. The number of alkyl halides is 3. The van der Waals surface area contributed by atoms with Crippen molar-refractivity contribution in [3.63, 3.8) is 0 Å². The molecule has 7 nitrogen and oxygen atoms in total. The Kier molecular flexibility index (Phi) is 4.63. The maximum absolute atomic E-state index is 13.2. The van der Waals surface area contributed by atoms with Crippen LogP contribution in [0.2, 0.25) is 0 Å². The number of phenols is 1. The van der Waals surface area contributed by atoms with Gasteiger partial charge >= 0.3 is 12.1 Å². The first kappa shape index (κ1) is 18.1. The van der Waals surface area contributed by atoms with Crippen LogP contribution in [0.15, 0.2) is 48.8 Å². The van der Waals surface area contributed by atoms with Crippen molar-refractivity contribution in [1.82, 2.24) is 15.0 Å². The lowest BCUT2D eigenvalue weighted by Crippen LogP contribution is -2.11. The Labute approximate surface area is 150 Å². The molecule has 3 aromatic rings. The van der Waals surface area contributed by atoms with Gasteiger partial charge in [0.25, 0.3) is 0 Å². The topological polar surface area (TPSA) is 108 Å². The van der Waals surface area contributed by atoms with Crippen molar-refractivity contribution in [2.45, 2.75) is 6.18 Å². The van der Waals surface area contributed by atoms with Crippen LogP contribution in [0.3, 0.4) is 0 Å². The second kappa shape index (κ2) is 6.90. The maximum atomic E-state index is 13.2. The molecule has 2 aromatic heterocycles. The number of benzene rings is 1. The normalized spacial score (nSPS) is 11.2. The van der Waals surface area contributed by atoms with E-state index in [9.17, 15) is 23.1 Å². The van der Waals surface area contributed by atoms with Gasteiger partial charge in [-0.1, -0.05) is 0 Å². The Balaban J connectivity index is 2.08.